The van der Waals surface area contributed by atoms with Crippen LogP contribution in [0.1, 0.15) is 40.3 Å². The number of rotatable bonds is 3. The van der Waals surface area contributed by atoms with Gasteiger partial charge in [-0.15, -0.1) is 0 Å². The average molecular weight is 354 g/mol. The molecule has 2 atom stereocenters. The van der Waals surface area contributed by atoms with Gasteiger partial charge in [-0.25, -0.2) is 0 Å². The number of fused-ring (bicyclic) bond motifs is 1. The lowest BCUT2D eigenvalue weighted by atomic mass is 10.0. The fraction of sp³-hybridized carbons (Fsp3) is 0.400. The van der Waals surface area contributed by atoms with E-state index in [1.54, 1.807) is 4.90 Å². The first-order chi connectivity index (χ1) is 12.5. The third kappa shape index (κ3) is 3.07. The van der Waals surface area contributed by atoms with Gasteiger partial charge in [-0.2, -0.15) is 0 Å². The van der Waals surface area contributed by atoms with Gasteiger partial charge in [0.2, 0.25) is 5.91 Å². The lowest BCUT2D eigenvalue weighted by molar-refractivity contribution is -0.119. The van der Waals surface area contributed by atoms with Crippen LogP contribution in [-0.4, -0.2) is 42.5 Å². The molecule has 0 aliphatic carbocycles. The minimum Gasteiger partial charge on any atom is -0.493 e. The van der Waals surface area contributed by atoms with Gasteiger partial charge in [-0.1, -0.05) is 0 Å². The Bertz CT molecular complexity index is 857. The van der Waals surface area contributed by atoms with Crippen molar-refractivity contribution in [1.29, 1.82) is 0 Å². The van der Waals surface area contributed by atoms with Crippen molar-refractivity contribution in [3.63, 3.8) is 0 Å². The highest BCUT2D eigenvalue weighted by atomic mass is 16.5. The molecule has 1 saturated heterocycles. The van der Waals surface area contributed by atoms with Crippen molar-refractivity contribution in [1.82, 2.24) is 10.2 Å². The summed E-state index contributed by atoms with van der Waals surface area (Å²) in [5.74, 6) is 2.31. The third-order valence-electron chi connectivity index (χ3n) is 5.06. The third-order valence-corrected chi connectivity index (χ3v) is 5.06. The molecule has 1 N–H and O–H groups in total. The van der Waals surface area contributed by atoms with Crippen LogP contribution < -0.4 is 10.1 Å². The first kappa shape index (κ1) is 16.7. The average Bonchev–Trinajstić information content (AvgIpc) is 3.32. The minimum absolute atomic E-state index is 0.0270. The lowest BCUT2D eigenvalue weighted by Gasteiger charge is -2.17. The predicted molar refractivity (Wildman–Crippen MR) is 95.3 cm³/mol. The van der Waals surface area contributed by atoms with E-state index in [-0.39, 0.29) is 23.8 Å². The van der Waals surface area contributed by atoms with Crippen molar-refractivity contribution in [2.75, 3.05) is 19.7 Å². The van der Waals surface area contributed by atoms with Crippen molar-refractivity contribution < 1.29 is 18.7 Å². The van der Waals surface area contributed by atoms with Gasteiger partial charge < -0.3 is 19.4 Å². The lowest BCUT2D eigenvalue weighted by Crippen LogP contribution is -2.39. The Balaban J connectivity index is 1.56. The fourth-order valence-corrected chi connectivity index (χ4v) is 3.82. The Morgan fingerprint density at radius 3 is 2.77 bits per heavy atom. The number of benzene rings is 1. The summed E-state index contributed by atoms with van der Waals surface area (Å²) in [6.45, 7) is 5.04. The van der Waals surface area contributed by atoms with E-state index >= 15 is 0 Å². The SMILES string of the molecule is CC(=O)NC1CN(C(=O)c2ccc3c(c2)CCO3)CC1c1ccc(C)o1. The van der Waals surface area contributed by atoms with Crippen LogP contribution in [0.3, 0.4) is 0 Å². The molecule has 2 aliphatic heterocycles. The van der Waals surface area contributed by atoms with Crippen molar-refractivity contribution in [3.05, 3.63) is 53.0 Å². The molecule has 2 amide bonds. The molecule has 6 nitrogen and oxygen atoms in total. The van der Waals surface area contributed by atoms with E-state index < -0.39 is 0 Å². The molecule has 2 unspecified atom stereocenters. The van der Waals surface area contributed by atoms with Crippen molar-refractivity contribution >= 4 is 11.8 Å². The first-order valence-corrected chi connectivity index (χ1v) is 8.89. The second kappa shape index (κ2) is 6.52. The van der Waals surface area contributed by atoms with Crippen LogP contribution in [0.5, 0.6) is 5.75 Å². The number of nitrogens with zero attached hydrogens (tertiary/aromatic N) is 1. The van der Waals surface area contributed by atoms with Crippen LogP contribution in [0.25, 0.3) is 0 Å². The molecule has 0 radical (unpaired) electrons. The summed E-state index contributed by atoms with van der Waals surface area (Å²) < 4.78 is 11.3. The van der Waals surface area contributed by atoms with E-state index in [0.717, 1.165) is 29.3 Å². The Hall–Kier alpha value is -2.76. The van der Waals surface area contributed by atoms with Crippen LogP contribution in [0.15, 0.2) is 34.7 Å². The highest BCUT2D eigenvalue weighted by Crippen LogP contribution is 2.31. The molecule has 3 heterocycles. The molecule has 0 bridgehead atoms. The van der Waals surface area contributed by atoms with Gasteiger partial charge in [0.25, 0.3) is 5.91 Å². The summed E-state index contributed by atoms with van der Waals surface area (Å²) in [6.07, 6.45) is 0.833. The maximum absolute atomic E-state index is 13.0. The summed E-state index contributed by atoms with van der Waals surface area (Å²) in [6, 6.07) is 9.28. The normalized spacial score (nSPS) is 21.4. The summed E-state index contributed by atoms with van der Waals surface area (Å²) in [5.41, 5.74) is 1.73. The van der Waals surface area contributed by atoms with Gasteiger partial charge in [0.05, 0.1) is 18.6 Å². The molecule has 2 aliphatic rings. The van der Waals surface area contributed by atoms with E-state index in [2.05, 4.69) is 5.32 Å². The quantitative estimate of drug-likeness (QED) is 0.918. The van der Waals surface area contributed by atoms with E-state index in [9.17, 15) is 9.59 Å². The minimum atomic E-state index is -0.153. The molecule has 1 aromatic carbocycles. The summed E-state index contributed by atoms with van der Waals surface area (Å²) >= 11 is 0. The van der Waals surface area contributed by atoms with E-state index in [4.69, 9.17) is 9.15 Å². The second-order valence-corrected chi connectivity index (χ2v) is 6.99. The smallest absolute Gasteiger partial charge is 0.253 e. The maximum atomic E-state index is 13.0. The number of aryl methyl sites for hydroxylation is 1. The molecule has 0 spiro atoms. The molecule has 6 heteroatoms. The number of carbonyl (C=O) groups is 2. The fourth-order valence-electron chi connectivity index (χ4n) is 3.82. The number of hydrogen-bond acceptors (Lipinski definition) is 4. The highest BCUT2D eigenvalue weighted by Gasteiger charge is 2.38. The van der Waals surface area contributed by atoms with Gasteiger partial charge in [-0.3, -0.25) is 9.59 Å². The zero-order valence-corrected chi connectivity index (χ0v) is 15.0. The van der Waals surface area contributed by atoms with Gasteiger partial charge >= 0.3 is 0 Å². The van der Waals surface area contributed by atoms with Gasteiger partial charge in [0.15, 0.2) is 0 Å². The van der Waals surface area contributed by atoms with Crippen molar-refractivity contribution in [3.8, 4) is 5.75 Å². The number of nitrogens with one attached hydrogen (secondary N) is 1. The number of ether oxygens (including phenoxy) is 1. The molecule has 136 valence electrons. The number of hydrogen-bond donors (Lipinski definition) is 1. The molecular weight excluding hydrogens is 332 g/mol. The summed E-state index contributed by atoms with van der Waals surface area (Å²) in [7, 11) is 0. The topological polar surface area (TPSA) is 71.8 Å². The standard InChI is InChI=1S/C20H22N2O4/c1-12-3-5-19(26-12)16-10-22(11-17(16)21-13(2)23)20(24)15-4-6-18-14(9-15)7-8-25-18/h3-6,9,16-17H,7-8,10-11H2,1-2H3,(H,21,23). The van der Waals surface area contributed by atoms with E-state index in [0.29, 0.717) is 25.3 Å². The molecule has 26 heavy (non-hydrogen) atoms. The maximum Gasteiger partial charge on any atom is 0.253 e. The van der Waals surface area contributed by atoms with Crippen LogP contribution in [0.2, 0.25) is 0 Å². The zero-order valence-electron chi connectivity index (χ0n) is 15.0. The molecule has 0 saturated carbocycles. The van der Waals surface area contributed by atoms with Crippen molar-refractivity contribution in [2.45, 2.75) is 32.2 Å². The molecule has 1 fully saturated rings. The Kier molecular flexibility index (Phi) is 4.18. The Morgan fingerprint density at radius 2 is 2.04 bits per heavy atom. The Morgan fingerprint density at radius 1 is 1.19 bits per heavy atom. The molecule has 4 rings (SSSR count). The van der Waals surface area contributed by atoms with Crippen LogP contribution >= 0.6 is 0 Å². The number of carbonyl (C=O) groups excluding carboxylic acids is 2. The largest absolute Gasteiger partial charge is 0.493 e. The predicted octanol–water partition coefficient (Wildman–Crippen LogP) is 2.27. The zero-order chi connectivity index (χ0) is 18.3. The van der Waals surface area contributed by atoms with Crippen LogP contribution in [-0.2, 0) is 11.2 Å². The van der Waals surface area contributed by atoms with Crippen LogP contribution in [0, 0.1) is 6.92 Å². The molecule has 1 aromatic heterocycles. The first-order valence-electron chi connectivity index (χ1n) is 8.89. The van der Waals surface area contributed by atoms with Crippen LogP contribution in [0.4, 0.5) is 0 Å². The van der Waals surface area contributed by atoms with E-state index in [1.807, 2.05) is 37.3 Å². The van der Waals surface area contributed by atoms with Gasteiger partial charge in [-0.05, 0) is 42.8 Å². The summed E-state index contributed by atoms with van der Waals surface area (Å²) in [5, 5.41) is 2.96. The highest BCUT2D eigenvalue weighted by molar-refractivity contribution is 5.95. The van der Waals surface area contributed by atoms with Gasteiger partial charge in [0, 0.05) is 32.0 Å². The number of amides is 2. The molecular formula is C20H22N2O4. The number of likely N-dealkylation sites (tertiary alicyclic amines) is 1. The monoisotopic (exact) mass is 354 g/mol. The van der Waals surface area contributed by atoms with E-state index in [1.165, 1.54) is 6.92 Å². The summed E-state index contributed by atoms with van der Waals surface area (Å²) in [4.78, 5) is 26.4. The van der Waals surface area contributed by atoms with Gasteiger partial charge in [0.1, 0.15) is 17.3 Å². The van der Waals surface area contributed by atoms with Crippen molar-refractivity contribution in [2.24, 2.45) is 0 Å². The second-order valence-electron chi connectivity index (χ2n) is 6.99. The number of furan rings is 1. The molecule has 2 aromatic rings. The Labute approximate surface area is 152 Å².